The molecule has 3 nitrogen and oxygen atoms in total. The molecule has 0 aromatic heterocycles. The van der Waals surface area contributed by atoms with Gasteiger partial charge >= 0.3 is 6.18 Å². The van der Waals surface area contributed by atoms with Crippen LogP contribution in [0.2, 0.25) is 0 Å². The average Bonchev–Trinajstić information content (AvgIpc) is 3.48. The Bertz CT molecular complexity index is 1040. The van der Waals surface area contributed by atoms with E-state index in [2.05, 4.69) is 25.2 Å². The molecule has 32 heavy (non-hydrogen) atoms. The quantitative estimate of drug-likeness (QED) is 0.567. The van der Waals surface area contributed by atoms with Crippen LogP contribution >= 0.6 is 0 Å². The first kappa shape index (κ1) is 21.6. The van der Waals surface area contributed by atoms with Crippen LogP contribution in [0.25, 0.3) is 0 Å². The second-order valence-corrected chi connectivity index (χ2v) is 10.7. The molecule has 1 fully saturated rings. The van der Waals surface area contributed by atoms with Gasteiger partial charge in [0, 0.05) is 41.6 Å². The predicted molar refractivity (Wildman–Crippen MR) is 117 cm³/mol. The number of rotatable bonds is 3. The molecule has 0 radical (unpaired) electrons. The number of hydrogen-bond acceptors (Lipinski definition) is 3. The molecule has 2 aromatic carbocycles. The minimum Gasteiger partial charge on any atom is -0.487 e. The number of benzene rings is 2. The molecule has 2 aromatic rings. The summed E-state index contributed by atoms with van der Waals surface area (Å²) in [7, 11) is 0. The zero-order valence-electron chi connectivity index (χ0n) is 19.0. The van der Waals surface area contributed by atoms with Crippen molar-refractivity contribution in [2.75, 3.05) is 0 Å². The Hall–Kier alpha value is -2.21. The zero-order chi connectivity index (χ0) is 22.9. The van der Waals surface area contributed by atoms with E-state index >= 15 is 0 Å². The Morgan fingerprint density at radius 1 is 0.875 bits per heavy atom. The van der Waals surface area contributed by atoms with E-state index in [0.717, 1.165) is 29.4 Å². The van der Waals surface area contributed by atoms with Gasteiger partial charge < -0.3 is 14.8 Å². The minimum atomic E-state index is -4.37. The summed E-state index contributed by atoms with van der Waals surface area (Å²) in [6.07, 6.45) is -0.554. The molecule has 2 atom stereocenters. The fourth-order valence-corrected chi connectivity index (χ4v) is 5.11. The van der Waals surface area contributed by atoms with E-state index in [-0.39, 0.29) is 17.6 Å². The molecule has 172 valence electrons. The summed E-state index contributed by atoms with van der Waals surface area (Å²) >= 11 is 0. The maximum Gasteiger partial charge on any atom is 0.416 e. The Morgan fingerprint density at radius 2 is 1.53 bits per heavy atom. The van der Waals surface area contributed by atoms with E-state index < -0.39 is 17.3 Å². The zero-order valence-corrected chi connectivity index (χ0v) is 19.0. The van der Waals surface area contributed by atoms with Crippen LogP contribution in [0.3, 0.4) is 0 Å². The van der Waals surface area contributed by atoms with Gasteiger partial charge in [0.1, 0.15) is 22.7 Å². The largest absolute Gasteiger partial charge is 0.487 e. The molecule has 0 spiro atoms. The first-order valence-electron chi connectivity index (χ1n) is 11.4. The number of ether oxygens (including phenoxy) is 2. The molecule has 2 aliphatic heterocycles. The van der Waals surface area contributed by atoms with Gasteiger partial charge in [0.2, 0.25) is 0 Å². The van der Waals surface area contributed by atoms with Crippen LogP contribution in [0.4, 0.5) is 13.2 Å². The van der Waals surface area contributed by atoms with Crippen molar-refractivity contribution in [2.45, 2.75) is 88.8 Å². The molecule has 0 saturated heterocycles. The van der Waals surface area contributed by atoms with E-state index in [4.69, 9.17) is 9.47 Å². The van der Waals surface area contributed by atoms with Crippen molar-refractivity contribution in [3.8, 4) is 11.5 Å². The van der Waals surface area contributed by atoms with Crippen LogP contribution < -0.4 is 14.8 Å². The summed E-state index contributed by atoms with van der Waals surface area (Å²) in [5, 5.41) is 3.74. The Balaban J connectivity index is 1.61. The fraction of sp³-hybridized carbons (Fsp3) is 0.538. The lowest BCUT2D eigenvalue weighted by Crippen LogP contribution is -2.41. The Kier molecular flexibility index (Phi) is 4.83. The van der Waals surface area contributed by atoms with Gasteiger partial charge in [-0.2, -0.15) is 13.2 Å². The second-order valence-electron chi connectivity index (χ2n) is 10.7. The number of alkyl halides is 3. The number of nitrogens with one attached hydrogen (secondary N) is 1. The summed E-state index contributed by atoms with van der Waals surface area (Å²) in [5.74, 6) is 1.32. The van der Waals surface area contributed by atoms with Gasteiger partial charge in [0.05, 0.1) is 5.56 Å². The highest BCUT2D eigenvalue weighted by molar-refractivity contribution is 5.54. The van der Waals surface area contributed by atoms with Crippen LogP contribution in [0.15, 0.2) is 36.4 Å². The molecule has 0 amide bonds. The molecule has 2 heterocycles. The third-order valence-electron chi connectivity index (χ3n) is 6.69. The van der Waals surface area contributed by atoms with Crippen molar-refractivity contribution in [3.63, 3.8) is 0 Å². The smallest absolute Gasteiger partial charge is 0.416 e. The third-order valence-corrected chi connectivity index (χ3v) is 6.69. The molecular formula is C26H30F3NO2. The van der Waals surface area contributed by atoms with Crippen molar-refractivity contribution < 1.29 is 22.6 Å². The number of fused-ring (bicyclic) bond motifs is 2. The summed E-state index contributed by atoms with van der Waals surface area (Å²) in [6.45, 7) is 8.15. The highest BCUT2D eigenvalue weighted by Crippen LogP contribution is 2.51. The van der Waals surface area contributed by atoms with Crippen molar-refractivity contribution in [2.24, 2.45) is 0 Å². The Labute approximate surface area is 187 Å². The van der Waals surface area contributed by atoms with Gasteiger partial charge in [-0.3, -0.25) is 0 Å². The minimum absolute atomic E-state index is 0.156. The molecule has 5 rings (SSSR count). The average molecular weight is 446 g/mol. The third kappa shape index (κ3) is 4.21. The predicted octanol–water partition coefficient (Wildman–Crippen LogP) is 6.75. The van der Waals surface area contributed by atoms with Crippen LogP contribution in [0, 0.1) is 0 Å². The first-order chi connectivity index (χ1) is 14.9. The highest BCUT2D eigenvalue weighted by atomic mass is 19.4. The molecule has 6 heteroatoms. The van der Waals surface area contributed by atoms with Gasteiger partial charge in [-0.15, -0.1) is 0 Å². The lowest BCUT2D eigenvalue weighted by molar-refractivity contribution is -0.137. The van der Waals surface area contributed by atoms with Crippen LogP contribution in [0.5, 0.6) is 11.5 Å². The van der Waals surface area contributed by atoms with E-state index in [1.165, 1.54) is 25.0 Å². The molecular weight excluding hydrogens is 415 g/mol. The van der Waals surface area contributed by atoms with Crippen molar-refractivity contribution in [1.82, 2.24) is 5.32 Å². The van der Waals surface area contributed by atoms with Gasteiger partial charge in [-0.1, -0.05) is 18.2 Å². The lowest BCUT2D eigenvalue weighted by atomic mass is 9.78. The van der Waals surface area contributed by atoms with E-state index in [1.807, 2.05) is 19.9 Å². The molecule has 1 aliphatic carbocycles. The van der Waals surface area contributed by atoms with Crippen LogP contribution in [-0.4, -0.2) is 17.2 Å². The molecule has 0 bridgehead atoms. The second kappa shape index (κ2) is 7.14. The number of halogens is 3. The molecule has 2 unspecified atom stereocenters. The SMILES string of the molecule is CC1(C)CC(NC2CC2)c2cc3c(cc2O1)OC(C)(C)CC3c1cccc(C(F)(F)F)c1. The normalized spacial score (nSPS) is 25.8. The summed E-state index contributed by atoms with van der Waals surface area (Å²) in [5.41, 5.74) is 1.26. The summed E-state index contributed by atoms with van der Waals surface area (Å²) in [4.78, 5) is 0. The lowest BCUT2D eigenvalue weighted by Gasteiger charge is -2.42. The molecule has 1 saturated carbocycles. The first-order valence-corrected chi connectivity index (χ1v) is 11.4. The monoisotopic (exact) mass is 445 g/mol. The van der Waals surface area contributed by atoms with Crippen molar-refractivity contribution >= 4 is 0 Å². The Morgan fingerprint density at radius 3 is 2.19 bits per heavy atom. The van der Waals surface area contributed by atoms with Crippen molar-refractivity contribution in [3.05, 3.63) is 58.7 Å². The van der Waals surface area contributed by atoms with Gasteiger partial charge in [-0.25, -0.2) is 0 Å². The molecule has 1 N–H and O–H groups in total. The van der Waals surface area contributed by atoms with Crippen LogP contribution in [0.1, 0.15) is 87.6 Å². The van der Waals surface area contributed by atoms with E-state index in [1.54, 1.807) is 6.07 Å². The van der Waals surface area contributed by atoms with Gasteiger partial charge in [0.15, 0.2) is 0 Å². The van der Waals surface area contributed by atoms with E-state index in [9.17, 15) is 13.2 Å². The van der Waals surface area contributed by atoms with Gasteiger partial charge in [-0.05, 0) is 64.7 Å². The fourth-order valence-electron chi connectivity index (χ4n) is 5.11. The summed E-state index contributed by atoms with van der Waals surface area (Å²) < 4.78 is 52.9. The highest BCUT2D eigenvalue weighted by Gasteiger charge is 2.41. The maximum absolute atomic E-state index is 13.4. The van der Waals surface area contributed by atoms with E-state index in [0.29, 0.717) is 23.8 Å². The standard InChI is InChI=1S/C26H30F3NO2/c1-24(2)13-20(15-6-5-7-16(10-15)26(27,28)29)18-11-19-21(30-17-8-9-17)14-25(3,4)32-23(19)12-22(18)31-24/h5-7,10-12,17,20-21,30H,8-9,13-14H2,1-4H3. The molecule has 3 aliphatic rings. The van der Waals surface area contributed by atoms with Crippen molar-refractivity contribution in [1.29, 1.82) is 0 Å². The van der Waals surface area contributed by atoms with Crippen LogP contribution in [-0.2, 0) is 6.18 Å². The number of hydrogen-bond donors (Lipinski definition) is 1. The summed E-state index contributed by atoms with van der Waals surface area (Å²) in [6, 6.07) is 10.5. The van der Waals surface area contributed by atoms with Gasteiger partial charge in [0.25, 0.3) is 0 Å². The topological polar surface area (TPSA) is 30.5 Å². The maximum atomic E-state index is 13.4.